The van der Waals surface area contributed by atoms with Crippen molar-refractivity contribution in [2.45, 2.75) is 86.8 Å². The Morgan fingerprint density at radius 3 is 1.13 bits per heavy atom. The normalized spacial score (nSPS) is 21.9. The van der Waals surface area contributed by atoms with Crippen LogP contribution in [0.3, 0.4) is 0 Å². The number of carbonyl (C=O) groups is 3. The highest BCUT2D eigenvalue weighted by Crippen LogP contribution is 2.43. The monoisotopic (exact) mass is 1170 g/mol. The van der Waals surface area contributed by atoms with E-state index in [1.165, 1.54) is 0 Å². The number of hydrogen-bond donors (Lipinski definition) is 1. The Morgan fingerprint density at radius 2 is 0.701 bits per heavy atom. The standard InChI is InChI=1S/C73H66O14/c74-68(54-34-16-4-17-35-54)81-49-60-63(65(85-69(75)55-36-18-5-19-37-55)66(71(77)83-60)86-70(76)56-38-20-6-21-39-56)87-72-67(80-48-53-32-14-3-15-33-53)64(79-47-52-30-12-2-13-31-52)62(78-46-51-28-10-1-11-29-51)61(84-72)50-82-73(57-40-22-7-23-41-57,58-42-24-8-25-43-58)59-44-26-9-27-45-59/h1-45,60-67,71-72,77H,46-50H2/t60-,61-,62-,63-,64+,65+,66-,67-,71+,72-/m1/s1. The summed E-state index contributed by atoms with van der Waals surface area (Å²) in [5, 5.41) is 12.1. The van der Waals surface area contributed by atoms with Gasteiger partial charge in [-0.15, -0.1) is 0 Å². The molecule has 0 unspecified atom stereocenters. The molecule has 2 aliphatic rings. The number of carbonyl (C=O) groups excluding carboxylic acids is 3. The number of benzene rings is 9. The summed E-state index contributed by atoms with van der Waals surface area (Å²) in [6, 6.07) is 83.5. The van der Waals surface area contributed by atoms with Crippen LogP contribution in [0.4, 0.5) is 0 Å². The minimum Gasteiger partial charge on any atom is -0.459 e. The fourth-order valence-corrected chi connectivity index (χ4v) is 10.9. The first-order valence-electron chi connectivity index (χ1n) is 29.0. The first-order valence-corrected chi connectivity index (χ1v) is 29.0. The average molecular weight is 1170 g/mol. The summed E-state index contributed by atoms with van der Waals surface area (Å²) in [5.74, 6) is -2.43. The van der Waals surface area contributed by atoms with Crippen molar-refractivity contribution in [3.05, 3.63) is 323 Å². The Balaban J connectivity index is 1.06. The van der Waals surface area contributed by atoms with Crippen LogP contribution in [-0.2, 0) is 72.8 Å². The highest BCUT2D eigenvalue weighted by Gasteiger charge is 2.56. The summed E-state index contributed by atoms with van der Waals surface area (Å²) in [6.07, 6.45) is -14.3. The Kier molecular flexibility index (Phi) is 20.2. The van der Waals surface area contributed by atoms with Gasteiger partial charge in [0.05, 0.1) is 43.1 Å². The van der Waals surface area contributed by atoms with Crippen LogP contribution in [0.2, 0.25) is 0 Å². The predicted molar refractivity (Wildman–Crippen MR) is 323 cm³/mol. The van der Waals surface area contributed by atoms with Gasteiger partial charge in [-0.3, -0.25) is 0 Å². The molecule has 0 spiro atoms. The maximum atomic E-state index is 14.6. The lowest BCUT2D eigenvalue weighted by Gasteiger charge is -2.49. The highest BCUT2D eigenvalue weighted by atomic mass is 16.8. The third kappa shape index (κ3) is 14.8. The van der Waals surface area contributed by atoms with Crippen LogP contribution < -0.4 is 0 Å². The average Bonchev–Trinajstić information content (AvgIpc) is 2.07. The Bertz CT molecular complexity index is 3440. The van der Waals surface area contributed by atoms with Crippen molar-refractivity contribution >= 4 is 17.9 Å². The molecule has 9 aromatic carbocycles. The van der Waals surface area contributed by atoms with E-state index in [-0.39, 0.29) is 43.1 Å². The van der Waals surface area contributed by atoms with Crippen LogP contribution in [0.5, 0.6) is 0 Å². The summed E-state index contributed by atoms with van der Waals surface area (Å²) in [4.78, 5) is 42.6. The van der Waals surface area contributed by atoms with Gasteiger partial charge < -0.3 is 52.5 Å². The first-order chi connectivity index (χ1) is 42.8. The minimum atomic E-state index is -1.97. The number of hydrogen-bond acceptors (Lipinski definition) is 14. The molecule has 0 radical (unpaired) electrons. The summed E-state index contributed by atoms with van der Waals surface area (Å²) < 4.78 is 68.7. The van der Waals surface area contributed by atoms with Crippen molar-refractivity contribution in [3.8, 4) is 0 Å². The molecule has 2 fully saturated rings. The van der Waals surface area contributed by atoms with Gasteiger partial charge in [-0.1, -0.05) is 237 Å². The van der Waals surface area contributed by atoms with Gasteiger partial charge in [0.25, 0.3) is 0 Å². The Labute approximate surface area is 505 Å². The minimum absolute atomic E-state index is 0.0212. The van der Waals surface area contributed by atoms with Crippen LogP contribution in [0.25, 0.3) is 0 Å². The van der Waals surface area contributed by atoms with E-state index in [1.54, 1.807) is 91.0 Å². The zero-order chi connectivity index (χ0) is 59.6. The molecular weight excluding hydrogens is 1100 g/mol. The number of ether oxygens (including phenoxy) is 10. The number of aliphatic hydroxyl groups excluding tert-OH is 1. The fraction of sp³-hybridized carbons (Fsp3) is 0.219. The molecule has 442 valence electrons. The van der Waals surface area contributed by atoms with E-state index >= 15 is 0 Å². The lowest BCUT2D eigenvalue weighted by atomic mass is 9.80. The summed E-state index contributed by atoms with van der Waals surface area (Å²) in [5.41, 5.74) is 4.29. The van der Waals surface area contributed by atoms with Gasteiger partial charge in [0.15, 0.2) is 24.8 Å². The van der Waals surface area contributed by atoms with Crippen LogP contribution in [0.15, 0.2) is 273 Å². The molecule has 0 aliphatic carbocycles. The molecule has 0 amide bonds. The quantitative estimate of drug-likeness (QED) is 0.0345. The molecule has 14 nitrogen and oxygen atoms in total. The highest BCUT2D eigenvalue weighted by molar-refractivity contribution is 5.91. The van der Waals surface area contributed by atoms with E-state index in [0.717, 1.165) is 33.4 Å². The fourth-order valence-electron chi connectivity index (χ4n) is 10.9. The van der Waals surface area contributed by atoms with Crippen LogP contribution in [-0.4, -0.2) is 97.6 Å². The number of aliphatic hydroxyl groups is 1. The van der Waals surface area contributed by atoms with E-state index in [0.29, 0.717) is 0 Å². The van der Waals surface area contributed by atoms with E-state index in [2.05, 4.69) is 0 Å². The van der Waals surface area contributed by atoms with Gasteiger partial charge in [-0.2, -0.15) is 0 Å². The molecule has 2 heterocycles. The molecule has 11 rings (SSSR count). The van der Waals surface area contributed by atoms with E-state index in [9.17, 15) is 19.5 Å². The third-order valence-corrected chi connectivity index (χ3v) is 15.2. The lowest BCUT2D eigenvalue weighted by molar-refractivity contribution is -0.367. The van der Waals surface area contributed by atoms with Gasteiger partial charge >= 0.3 is 17.9 Å². The molecule has 2 aliphatic heterocycles. The van der Waals surface area contributed by atoms with E-state index in [4.69, 9.17) is 47.4 Å². The molecule has 2 saturated heterocycles. The zero-order valence-electron chi connectivity index (χ0n) is 47.5. The zero-order valence-corrected chi connectivity index (χ0v) is 47.5. The predicted octanol–water partition coefficient (Wildman–Crippen LogP) is 11.9. The topological polar surface area (TPSA) is 164 Å². The Hall–Kier alpha value is -8.93. The smallest absolute Gasteiger partial charge is 0.338 e. The molecule has 0 saturated carbocycles. The van der Waals surface area contributed by atoms with Crippen molar-refractivity contribution in [2.24, 2.45) is 0 Å². The maximum Gasteiger partial charge on any atom is 0.338 e. The first kappa shape index (κ1) is 59.8. The van der Waals surface area contributed by atoms with Crippen molar-refractivity contribution < 1.29 is 66.9 Å². The van der Waals surface area contributed by atoms with Crippen LogP contribution in [0, 0.1) is 0 Å². The third-order valence-electron chi connectivity index (χ3n) is 15.2. The molecule has 0 bridgehead atoms. The molecule has 1 N–H and O–H groups in total. The maximum absolute atomic E-state index is 14.6. The van der Waals surface area contributed by atoms with Crippen LogP contribution in [0.1, 0.15) is 64.5 Å². The van der Waals surface area contributed by atoms with Gasteiger partial charge in [-0.05, 0) is 69.8 Å². The molecule has 10 atom stereocenters. The summed E-state index contributed by atoms with van der Waals surface area (Å²) in [6.45, 7) is -0.517. The van der Waals surface area contributed by atoms with E-state index < -0.39 is 91.5 Å². The number of rotatable bonds is 24. The number of esters is 3. The van der Waals surface area contributed by atoms with Crippen molar-refractivity contribution in [2.75, 3.05) is 13.2 Å². The Morgan fingerprint density at radius 1 is 0.356 bits per heavy atom. The van der Waals surface area contributed by atoms with Crippen molar-refractivity contribution in [1.82, 2.24) is 0 Å². The van der Waals surface area contributed by atoms with Crippen molar-refractivity contribution in [3.63, 3.8) is 0 Å². The molecule has 87 heavy (non-hydrogen) atoms. The van der Waals surface area contributed by atoms with Gasteiger partial charge in [-0.25, -0.2) is 14.4 Å². The van der Waals surface area contributed by atoms with Gasteiger partial charge in [0, 0.05) is 0 Å². The SMILES string of the molecule is O=C(OC[C@H]1O[C@H](O)[C@H](OC(=O)c2ccccc2)[C@@H](OC(=O)c2ccccc2)[C@@H]1O[C@H]1O[C@H](COC(c2ccccc2)(c2ccccc2)c2ccccc2)[C@@H](OCc2ccccc2)[C@H](OCc2ccccc2)[C@H]1OCc1ccccc1)c1ccccc1. The second-order valence-electron chi connectivity index (χ2n) is 21.0. The molecule has 9 aromatic rings. The van der Waals surface area contributed by atoms with E-state index in [1.807, 2.05) is 182 Å². The molecule has 14 heteroatoms. The molecular formula is C73H66O14. The van der Waals surface area contributed by atoms with Crippen LogP contribution >= 0.6 is 0 Å². The largest absolute Gasteiger partial charge is 0.459 e. The summed E-state index contributed by atoms with van der Waals surface area (Å²) in [7, 11) is 0. The van der Waals surface area contributed by atoms with Crippen molar-refractivity contribution in [1.29, 1.82) is 0 Å². The second kappa shape index (κ2) is 29.4. The lowest BCUT2D eigenvalue weighted by Crippen LogP contribution is -2.66. The summed E-state index contributed by atoms with van der Waals surface area (Å²) >= 11 is 0. The van der Waals surface area contributed by atoms with Gasteiger partial charge in [0.2, 0.25) is 0 Å². The van der Waals surface area contributed by atoms with Gasteiger partial charge in [0.1, 0.15) is 48.8 Å². The second-order valence-corrected chi connectivity index (χ2v) is 21.0. The molecule has 0 aromatic heterocycles.